The highest BCUT2D eigenvalue weighted by Gasteiger charge is 2.24. The fourth-order valence-corrected chi connectivity index (χ4v) is 1.72. The Kier molecular flexibility index (Phi) is 3.49. The molecule has 5 nitrogen and oxygen atoms in total. The number of amides is 1. The van der Waals surface area contributed by atoms with E-state index in [1.54, 1.807) is 25.3 Å². The van der Waals surface area contributed by atoms with E-state index in [1.807, 2.05) is 0 Å². The lowest BCUT2D eigenvalue weighted by atomic mass is 10.1. The molecular weight excluding hydrogens is 222 g/mol. The standard InChI is InChI=1S/C12H15NO4/c1-15-9-4-5-11(16-2)10(8-9)12(14)13-6-3-7-17-13/h4-5,8H,3,6-7H2,1-2H3. The van der Waals surface area contributed by atoms with Crippen molar-refractivity contribution in [2.75, 3.05) is 27.4 Å². The number of methoxy groups -OCH3 is 2. The molecule has 0 bridgehead atoms. The average Bonchev–Trinajstić information content (AvgIpc) is 2.91. The highest BCUT2D eigenvalue weighted by molar-refractivity contribution is 5.96. The maximum atomic E-state index is 12.2. The van der Waals surface area contributed by atoms with E-state index < -0.39 is 0 Å². The molecule has 0 atom stereocenters. The molecule has 5 heteroatoms. The van der Waals surface area contributed by atoms with Crippen molar-refractivity contribution >= 4 is 5.91 Å². The van der Waals surface area contributed by atoms with Crippen LogP contribution in [0.2, 0.25) is 0 Å². The van der Waals surface area contributed by atoms with E-state index in [2.05, 4.69) is 0 Å². The van der Waals surface area contributed by atoms with Gasteiger partial charge in [0.2, 0.25) is 0 Å². The van der Waals surface area contributed by atoms with Crippen LogP contribution in [0.25, 0.3) is 0 Å². The summed E-state index contributed by atoms with van der Waals surface area (Å²) in [4.78, 5) is 17.4. The van der Waals surface area contributed by atoms with E-state index in [9.17, 15) is 4.79 Å². The predicted molar refractivity (Wildman–Crippen MR) is 61.2 cm³/mol. The third-order valence-corrected chi connectivity index (χ3v) is 2.62. The Morgan fingerprint density at radius 1 is 1.35 bits per heavy atom. The Labute approximate surface area is 99.8 Å². The first-order valence-electron chi connectivity index (χ1n) is 5.43. The molecule has 1 aliphatic heterocycles. The summed E-state index contributed by atoms with van der Waals surface area (Å²) in [6, 6.07) is 5.12. The molecule has 1 saturated heterocycles. The molecule has 92 valence electrons. The molecule has 0 aliphatic carbocycles. The first kappa shape index (κ1) is 11.7. The summed E-state index contributed by atoms with van der Waals surface area (Å²) in [5.74, 6) is 0.942. The van der Waals surface area contributed by atoms with Gasteiger partial charge in [0.1, 0.15) is 11.5 Å². The molecule has 17 heavy (non-hydrogen) atoms. The van der Waals surface area contributed by atoms with Gasteiger partial charge in [-0.2, -0.15) is 0 Å². The van der Waals surface area contributed by atoms with Gasteiger partial charge in [-0.1, -0.05) is 0 Å². The van der Waals surface area contributed by atoms with E-state index in [0.717, 1.165) is 6.42 Å². The van der Waals surface area contributed by atoms with Crippen LogP contribution >= 0.6 is 0 Å². The van der Waals surface area contributed by atoms with E-state index in [4.69, 9.17) is 14.3 Å². The van der Waals surface area contributed by atoms with Gasteiger partial charge in [-0.25, -0.2) is 5.06 Å². The number of benzene rings is 1. The molecule has 1 fully saturated rings. The van der Waals surface area contributed by atoms with E-state index in [0.29, 0.717) is 30.2 Å². The van der Waals surface area contributed by atoms with Crippen LogP contribution in [0.1, 0.15) is 16.8 Å². The molecule has 1 heterocycles. The van der Waals surface area contributed by atoms with Crippen LogP contribution in [0.5, 0.6) is 11.5 Å². The van der Waals surface area contributed by atoms with Crippen LogP contribution in [-0.2, 0) is 4.84 Å². The smallest absolute Gasteiger partial charge is 0.281 e. The molecule has 1 amide bonds. The fraction of sp³-hybridized carbons (Fsp3) is 0.417. The van der Waals surface area contributed by atoms with Gasteiger partial charge < -0.3 is 9.47 Å². The van der Waals surface area contributed by atoms with Gasteiger partial charge in [0.25, 0.3) is 5.91 Å². The van der Waals surface area contributed by atoms with Crippen LogP contribution in [0, 0.1) is 0 Å². The van der Waals surface area contributed by atoms with Crippen LogP contribution < -0.4 is 9.47 Å². The summed E-state index contributed by atoms with van der Waals surface area (Å²) in [6.07, 6.45) is 0.859. The number of nitrogens with zero attached hydrogens (tertiary/aromatic N) is 1. The first-order chi connectivity index (χ1) is 8.26. The zero-order valence-electron chi connectivity index (χ0n) is 9.93. The summed E-state index contributed by atoms with van der Waals surface area (Å²) in [7, 11) is 3.09. The highest BCUT2D eigenvalue weighted by atomic mass is 16.7. The van der Waals surface area contributed by atoms with Crippen molar-refractivity contribution < 1.29 is 19.1 Å². The van der Waals surface area contributed by atoms with Gasteiger partial charge >= 0.3 is 0 Å². The van der Waals surface area contributed by atoms with E-state index in [-0.39, 0.29) is 5.91 Å². The zero-order valence-corrected chi connectivity index (χ0v) is 9.93. The summed E-state index contributed by atoms with van der Waals surface area (Å²) in [5, 5.41) is 1.36. The van der Waals surface area contributed by atoms with Crippen molar-refractivity contribution in [3.05, 3.63) is 23.8 Å². The van der Waals surface area contributed by atoms with Crippen molar-refractivity contribution in [2.45, 2.75) is 6.42 Å². The Morgan fingerprint density at radius 3 is 2.76 bits per heavy atom. The second-order valence-corrected chi connectivity index (χ2v) is 3.66. The normalized spacial score (nSPS) is 14.8. The van der Waals surface area contributed by atoms with Crippen molar-refractivity contribution in [3.63, 3.8) is 0 Å². The number of hydrogen-bond acceptors (Lipinski definition) is 4. The highest BCUT2D eigenvalue weighted by Crippen LogP contribution is 2.26. The molecule has 2 rings (SSSR count). The van der Waals surface area contributed by atoms with Crippen LogP contribution in [0.4, 0.5) is 0 Å². The van der Waals surface area contributed by atoms with Crippen molar-refractivity contribution in [2.24, 2.45) is 0 Å². The van der Waals surface area contributed by atoms with Gasteiger partial charge in [0, 0.05) is 0 Å². The quantitative estimate of drug-likeness (QED) is 0.799. The second-order valence-electron chi connectivity index (χ2n) is 3.66. The molecule has 0 unspecified atom stereocenters. The van der Waals surface area contributed by atoms with Gasteiger partial charge in [0.15, 0.2) is 0 Å². The summed E-state index contributed by atoms with van der Waals surface area (Å²) < 4.78 is 10.3. The topological polar surface area (TPSA) is 48.0 Å². The molecule has 1 aliphatic rings. The lowest BCUT2D eigenvalue weighted by Gasteiger charge is -2.16. The molecule has 0 saturated carbocycles. The molecule has 0 radical (unpaired) electrons. The van der Waals surface area contributed by atoms with Crippen molar-refractivity contribution in [1.82, 2.24) is 5.06 Å². The Hall–Kier alpha value is -1.75. The molecule has 0 aromatic heterocycles. The average molecular weight is 237 g/mol. The monoisotopic (exact) mass is 237 g/mol. The lowest BCUT2D eigenvalue weighted by molar-refractivity contribution is -0.0769. The van der Waals surface area contributed by atoms with E-state index >= 15 is 0 Å². The number of hydroxylamine groups is 2. The maximum Gasteiger partial charge on any atom is 0.281 e. The fourth-order valence-electron chi connectivity index (χ4n) is 1.72. The summed E-state index contributed by atoms with van der Waals surface area (Å²) in [5.41, 5.74) is 0.453. The largest absolute Gasteiger partial charge is 0.497 e. The van der Waals surface area contributed by atoms with Crippen molar-refractivity contribution in [1.29, 1.82) is 0 Å². The number of carbonyl (C=O) groups is 1. The number of carbonyl (C=O) groups excluding carboxylic acids is 1. The van der Waals surface area contributed by atoms with Crippen LogP contribution in [-0.4, -0.2) is 38.3 Å². The van der Waals surface area contributed by atoms with Gasteiger partial charge in [-0.15, -0.1) is 0 Å². The maximum absolute atomic E-state index is 12.2. The lowest BCUT2D eigenvalue weighted by Crippen LogP contribution is -2.26. The summed E-state index contributed by atoms with van der Waals surface area (Å²) >= 11 is 0. The number of ether oxygens (including phenoxy) is 2. The Balaban J connectivity index is 2.30. The van der Waals surface area contributed by atoms with Crippen LogP contribution in [0.3, 0.4) is 0 Å². The number of rotatable bonds is 3. The van der Waals surface area contributed by atoms with Gasteiger partial charge in [-0.05, 0) is 24.6 Å². The molecular formula is C12H15NO4. The van der Waals surface area contributed by atoms with Gasteiger partial charge in [-0.3, -0.25) is 9.63 Å². The van der Waals surface area contributed by atoms with Gasteiger partial charge in [0.05, 0.1) is 32.9 Å². The Morgan fingerprint density at radius 2 is 2.18 bits per heavy atom. The SMILES string of the molecule is COc1ccc(OC)c(C(=O)N2CCCO2)c1. The first-order valence-corrected chi connectivity index (χ1v) is 5.43. The second kappa shape index (κ2) is 5.05. The predicted octanol–water partition coefficient (Wildman–Crippen LogP) is 1.48. The third kappa shape index (κ3) is 2.34. The van der Waals surface area contributed by atoms with Crippen molar-refractivity contribution in [3.8, 4) is 11.5 Å². The zero-order chi connectivity index (χ0) is 12.3. The minimum absolute atomic E-state index is 0.196. The minimum atomic E-state index is -0.196. The molecule has 0 N–H and O–H groups in total. The molecule has 1 aromatic carbocycles. The number of hydrogen-bond donors (Lipinski definition) is 0. The summed E-state index contributed by atoms with van der Waals surface area (Å²) in [6.45, 7) is 1.19. The molecule has 0 spiro atoms. The molecule has 1 aromatic rings. The van der Waals surface area contributed by atoms with E-state index in [1.165, 1.54) is 12.2 Å². The minimum Gasteiger partial charge on any atom is -0.497 e. The Bertz CT molecular complexity index is 413. The third-order valence-electron chi connectivity index (χ3n) is 2.62. The van der Waals surface area contributed by atoms with Crippen LogP contribution in [0.15, 0.2) is 18.2 Å².